The quantitative estimate of drug-likeness (QED) is 0.231. The molecular formula is C25H19ClF3N5O. The average Bonchev–Trinajstić information content (AvgIpc) is 3.21. The monoisotopic (exact) mass is 497 g/mol. The predicted octanol–water partition coefficient (Wildman–Crippen LogP) is 6.06. The number of amides is 1. The van der Waals surface area contributed by atoms with Gasteiger partial charge in [-0.15, -0.1) is 0 Å². The van der Waals surface area contributed by atoms with E-state index in [1.54, 1.807) is 37.3 Å². The van der Waals surface area contributed by atoms with E-state index < -0.39 is 17.6 Å². The van der Waals surface area contributed by atoms with Crippen molar-refractivity contribution in [1.82, 2.24) is 9.78 Å². The van der Waals surface area contributed by atoms with Crippen LogP contribution in [0.15, 0.2) is 72.8 Å². The van der Waals surface area contributed by atoms with E-state index in [0.717, 1.165) is 6.07 Å². The molecule has 0 aliphatic heterocycles. The lowest BCUT2D eigenvalue weighted by atomic mass is 9.99. The third-order valence-corrected chi connectivity index (χ3v) is 5.54. The smallest absolute Gasteiger partial charge is 0.384 e. The van der Waals surface area contributed by atoms with Crippen LogP contribution in [0.25, 0.3) is 16.8 Å². The molecule has 0 saturated heterocycles. The number of nitrogens with zero attached hydrogens (tertiary/aromatic N) is 2. The molecule has 6 nitrogen and oxygen atoms in total. The van der Waals surface area contributed by atoms with Gasteiger partial charge in [-0.05, 0) is 54.4 Å². The minimum absolute atomic E-state index is 0.0150. The molecule has 0 aliphatic carbocycles. The lowest BCUT2D eigenvalue weighted by Crippen LogP contribution is -2.18. The van der Waals surface area contributed by atoms with Gasteiger partial charge < -0.3 is 11.1 Å². The van der Waals surface area contributed by atoms with Gasteiger partial charge in [0, 0.05) is 5.56 Å². The largest absolute Gasteiger partial charge is 0.417 e. The fraction of sp³-hybridized carbons (Fsp3) is 0.0800. The van der Waals surface area contributed by atoms with E-state index in [2.05, 4.69) is 10.4 Å². The number of aryl methyl sites for hydroxylation is 1. The van der Waals surface area contributed by atoms with Crippen molar-refractivity contribution in [2.24, 2.45) is 5.73 Å². The maximum Gasteiger partial charge on any atom is 0.417 e. The number of carbonyl (C=O) groups excluding carboxylic acids is 1. The normalized spacial score (nSPS) is 11.3. The number of rotatable bonds is 5. The summed E-state index contributed by atoms with van der Waals surface area (Å²) in [5.41, 5.74) is 7.05. The molecule has 0 saturated carbocycles. The number of alkyl halides is 3. The molecule has 3 aromatic carbocycles. The molecule has 10 heteroatoms. The van der Waals surface area contributed by atoms with Gasteiger partial charge in [0.25, 0.3) is 5.91 Å². The molecule has 35 heavy (non-hydrogen) atoms. The summed E-state index contributed by atoms with van der Waals surface area (Å²) >= 11 is 6.34. The third-order valence-electron chi connectivity index (χ3n) is 5.23. The first-order chi connectivity index (χ1) is 16.5. The highest BCUT2D eigenvalue weighted by atomic mass is 35.5. The van der Waals surface area contributed by atoms with Crippen molar-refractivity contribution in [2.45, 2.75) is 13.1 Å². The number of anilines is 1. The summed E-state index contributed by atoms with van der Waals surface area (Å²) in [5, 5.41) is 14.8. The zero-order chi connectivity index (χ0) is 25.3. The Morgan fingerprint density at radius 2 is 1.80 bits per heavy atom. The molecule has 178 valence electrons. The molecule has 4 N–H and O–H groups in total. The summed E-state index contributed by atoms with van der Waals surface area (Å²) in [4.78, 5) is 13.1. The lowest BCUT2D eigenvalue weighted by molar-refractivity contribution is -0.137. The fourth-order valence-corrected chi connectivity index (χ4v) is 3.84. The Morgan fingerprint density at radius 1 is 1.06 bits per heavy atom. The molecule has 0 spiro atoms. The molecule has 0 aliphatic rings. The molecule has 0 bridgehead atoms. The van der Waals surface area contributed by atoms with Crippen LogP contribution in [0.3, 0.4) is 0 Å². The van der Waals surface area contributed by atoms with Gasteiger partial charge in [0.05, 0.1) is 27.7 Å². The topological polar surface area (TPSA) is 96.8 Å². The maximum absolute atomic E-state index is 13.4. The molecule has 0 atom stereocenters. The van der Waals surface area contributed by atoms with Crippen molar-refractivity contribution in [3.8, 4) is 16.8 Å². The standard InChI is InChI=1S/C25H19ClF3N5O/c1-14-11-22(34(33-14)17-6-4-5-16(12-17)23(30)31)24(35)32-21-10-9-15(13-20(21)26)18-7-2-3-8-19(18)25(27,28)29/h2-13H,1H3,(H3,30,31)(H,32,35). The number of hydrogen-bond acceptors (Lipinski definition) is 3. The molecule has 1 heterocycles. The Bertz CT molecular complexity index is 1450. The summed E-state index contributed by atoms with van der Waals surface area (Å²) < 4.78 is 41.6. The molecule has 4 aromatic rings. The van der Waals surface area contributed by atoms with Crippen molar-refractivity contribution in [3.63, 3.8) is 0 Å². The number of amidine groups is 1. The minimum atomic E-state index is -4.52. The molecule has 1 amide bonds. The Hall–Kier alpha value is -4.11. The highest BCUT2D eigenvalue weighted by Crippen LogP contribution is 2.38. The molecule has 4 rings (SSSR count). The Labute approximate surface area is 203 Å². The Kier molecular flexibility index (Phi) is 6.36. The molecule has 0 fully saturated rings. The van der Waals surface area contributed by atoms with Crippen molar-refractivity contribution in [3.05, 3.63) is 100 Å². The molecule has 0 radical (unpaired) electrons. The minimum Gasteiger partial charge on any atom is -0.384 e. The van der Waals surface area contributed by atoms with Crippen LogP contribution in [0.4, 0.5) is 18.9 Å². The second kappa shape index (κ2) is 9.27. The van der Waals surface area contributed by atoms with Crippen molar-refractivity contribution >= 4 is 29.0 Å². The number of carbonyl (C=O) groups is 1. The zero-order valence-electron chi connectivity index (χ0n) is 18.3. The number of nitrogen functional groups attached to an aromatic ring is 1. The van der Waals surface area contributed by atoms with Crippen LogP contribution in [0.2, 0.25) is 5.02 Å². The molecule has 0 unspecified atom stereocenters. The number of benzene rings is 3. The fourth-order valence-electron chi connectivity index (χ4n) is 3.62. The van der Waals surface area contributed by atoms with E-state index in [9.17, 15) is 18.0 Å². The number of nitrogens with one attached hydrogen (secondary N) is 2. The van der Waals surface area contributed by atoms with Gasteiger partial charge in [-0.1, -0.05) is 48.0 Å². The summed E-state index contributed by atoms with van der Waals surface area (Å²) in [6.45, 7) is 1.72. The van der Waals surface area contributed by atoms with E-state index in [0.29, 0.717) is 16.9 Å². The first-order valence-electron chi connectivity index (χ1n) is 10.3. The van der Waals surface area contributed by atoms with Crippen LogP contribution < -0.4 is 11.1 Å². The first-order valence-corrected chi connectivity index (χ1v) is 10.7. The number of halogens is 4. The van der Waals surface area contributed by atoms with E-state index in [4.69, 9.17) is 22.7 Å². The third kappa shape index (κ3) is 5.04. The lowest BCUT2D eigenvalue weighted by Gasteiger charge is -2.14. The summed E-state index contributed by atoms with van der Waals surface area (Å²) in [6.07, 6.45) is -4.52. The SMILES string of the molecule is Cc1cc(C(=O)Nc2ccc(-c3ccccc3C(F)(F)F)cc2Cl)n(-c2cccc(C(=N)N)c2)n1. The van der Waals surface area contributed by atoms with Crippen LogP contribution in [0.5, 0.6) is 0 Å². The van der Waals surface area contributed by atoms with Gasteiger partial charge in [-0.2, -0.15) is 18.3 Å². The Balaban J connectivity index is 1.65. The van der Waals surface area contributed by atoms with E-state index in [-0.39, 0.29) is 33.4 Å². The van der Waals surface area contributed by atoms with Gasteiger partial charge in [0.15, 0.2) is 0 Å². The van der Waals surface area contributed by atoms with Crippen LogP contribution in [-0.2, 0) is 6.18 Å². The van der Waals surface area contributed by atoms with E-state index in [1.807, 2.05) is 0 Å². The molecule has 1 aromatic heterocycles. The van der Waals surface area contributed by atoms with Crippen LogP contribution in [-0.4, -0.2) is 21.5 Å². The predicted molar refractivity (Wildman–Crippen MR) is 129 cm³/mol. The highest BCUT2D eigenvalue weighted by Gasteiger charge is 2.33. The van der Waals surface area contributed by atoms with Gasteiger partial charge in [0.1, 0.15) is 11.5 Å². The average molecular weight is 498 g/mol. The van der Waals surface area contributed by atoms with Gasteiger partial charge in [-0.25, -0.2) is 4.68 Å². The number of aromatic nitrogens is 2. The van der Waals surface area contributed by atoms with Crippen LogP contribution in [0, 0.1) is 12.3 Å². The number of nitrogens with two attached hydrogens (primary N) is 1. The van der Waals surface area contributed by atoms with E-state index in [1.165, 1.54) is 41.1 Å². The van der Waals surface area contributed by atoms with Crippen molar-refractivity contribution < 1.29 is 18.0 Å². The van der Waals surface area contributed by atoms with Crippen molar-refractivity contribution in [2.75, 3.05) is 5.32 Å². The van der Waals surface area contributed by atoms with Gasteiger partial charge in [0.2, 0.25) is 0 Å². The highest BCUT2D eigenvalue weighted by molar-refractivity contribution is 6.34. The van der Waals surface area contributed by atoms with E-state index >= 15 is 0 Å². The summed E-state index contributed by atoms with van der Waals surface area (Å²) in [6, 6.07) is 17.8. The second-order valence-corrected chi connectivity index (χ2v) is 8.15. The summed E-state index contributed by atoms with van der Waals surface area (Å²) in [5.74, 6) is -0.648. The van der Waals surface area contributed by atoms with Crippen molar-refractivity contribution in [1.29, 1.82) is 5.41 Å². The summed E-state index contributed by atoms with van der Waals surface area (Å²) in [7, 11) is 0. The van der Waals surface area contributed by atoms with Crippen LogP contribution >= 0.6 is 11.6 Å². The molecular weight excluding hydrogens is 479 g/mol. The zero-order valence-corrected chi connectivity index (χ0v) is 19.1. The van der Waals surface area contributed by atoms with Crippen LogP contribution in [0.1, 0.15) is 27.3 Å². The number of hydrogen-bond donors (Lipinski definition) is 3. The van der Waals surface area contributed by atoms with Gasteiger partial charge >= 0.3 is 6.18 Å². The maximum atomic E-state index is 13.4. The van der Waals surface area contributed by atoms with Gasteiger partial charge in [-0.3, -0.25) is 10.2 Å². The second-order valence-electron chi connectivity index (χ2n) is 7.74. The Morgan fingerprint density at radius 3 is 2.49 bits per heavy atom. The first kappa shape index (κ1) is 24.0.